The third-order valence-electron chi connectivity index (χ3n) is 6.24. The van der Waals surface area contributed by atoms with Crippen molar-refractivity contribution in [2.75, 3.05) is 13.1 Å². The molecular weight excluding hydrogens is 244 g/mol. The van der Waals surface area contributed by atoms with Crippen molar-refractivity contribution in [3.8, 4) is 0 Å². The van der Waals surface area contributed by atoms with Crippen molar-refractivity contribution in [1.29, 1.82) is 0 Å². The molecule has 1 heterocycles. The van der Waals surface area contributed by atoms with Gasteiger partial charge in [0.05, 0.1) is 0 Å². The molecule has 0 spiro atoms. The van der Waals surface area contributed by atoms with Gasteiger partial charge < -0.3 is 10.6 Å². The molecule has 3 atom stereocenters. The first-order valence-corrected chi connectivity index (χ1v) is 9.29. The summed E-state index contributed by atoms with van der Waals surface area (Å²) >= 11 is 0. The molecular formula is C18H34N2. The van der Waals surface area contributed by atoms with Crippen LogP contribution in [0.4, 0.5) is 0 Å². The summed E-state index contributed by atoms with van der Waals surface area (Å²) in [6, 6.07) is 1.62. The highest BCUT2D eigenvalue weighted by molar-refractivity contribution is 4.92. The van der Waals surface area contributed by atoms with Crippen LogP contribution >= 0.6 is 0 Å². The lowest BCUT2D eigenvalue weighted by Crippen LogP contribution is -2.48. The van der Waals surface area contributed by atoms with Crippen molar-refractivity contribution < 1.29 is 0 Å². The minimum Gasteiger partial charge on any atom is -0.314 e. The molecule has 1 aliphatic heterocycles. The highest BCUT2D eigenvalue weighted by Gasteiger charge is 2.33. The fourth-order valence-corrected chi connectivity index (χ4v) is 4.82. The summed E-state index contributed by atoms with van der Waals surface area (Å²) in [5, 5.41) is 7.75. The van der Waals surface area contributed by atoms with Gasteiger partial charge >= 0.3 is 0 Å². The van der Waals surface area contributed by atoms with Crippen molar-refractivity contribution >= 4 is 0 Å². The minimum atomic E-state index is 0.804. The van der Waals surface area contributed by atoms with Crippen LogP contribution in [0.1, 0.15) is 71.1 Å². The van der Waals surface area contributed by atoms with Crippen molar-refractivity contribution in [1.82, 2.24) is 10.6 Å². The average molecular weight is 278 g/mol. The van der Waals surface area contributed by atoms with Gasteiger partial charge in [0.2, 0.25) is 0 Å². The van der Waals surface area contributed by atoms with Gasteiger partial charge in [-0.05, 0) is 69.4 Å². The Bertz CT molecular complexity index is 277. The van der Waals surface area contributed by atoms with E-state index in [0.29, 0.717) is 0 Å². The molecule has 0 aromatic rings. The van der Waals surface area contributed by atoms with Crippen LogP contribution in [0.3, 0.4) is 0 Å². The predicted molar refractivity (Wildman–Crippen MR) is 85.9 cm³/mol. The molecule has 0 aromatic heterocycles. The number of nitrogens with one attached hydrogen (secondary N) is 2. The zero-order valence-electron chi connectivity index (χ0n) is 13.4. The maximum atomic E-state index is 3.99. The van der Waals surface area contributed by atoms with Crippen molar-refractivity contribution in [3.05, 3.63) is 0 Å². The quantitative estimate of drug-likeness (QED) is 0.819. The second-order valence-corrected chi connectivity index (χ2v) is 7.79. The molecule has 0 amide bonds. The van der Waals surface area contributed by atoms with Crippen LogP contribution in [0.2, 0.25) is 0 Å². The van der Waals surface area contributed by atoms with Crippen molar-refractivity contribution in [2.24, 2.45) is 17.8 Å². The maximum absolute atomic E-state index is 3.99. The number of rotatable bonds is 4. The summed E-state index contributed by atoms with van der Waals surface area (Å²) in [4.78, 5) is 0. The minimum absolute atomic E-state index is 0.804. The Labute approximate surface area is 125 Å². The summed E-state index contributed by atoms with van der Waals surface area (Å²) in [6.45, 7) is 4.97. The molecule has 3 unspecified atom stereocenters. The van der Waals surface area contributed by atoms with Gasteiger partial charge in [-0.15, -0.1) is 0 Å². The van der Waals surface area contributed by atoms with Crippen LogP contribution in [-0.2, 0) is 0 Å². The standard InChI is InChI=1S/C18H34N2/c1-14-8-10-15(11-9-14)13-20-18-6-3-2-5-16(18)17-7-4-12-19-17/h14-20H,2-13H2,1H3. The first-order valence-electron chi connectivity index (χ1n) is 9.29. The van der Waals surface area contributed by atoms with Crippen LogP contribution in [0.25, 0.3) is 0 Å². The Hall–Kier alpha value is -0.0800. The van der Waals surface area contributed by atoms with Crippen LogP contribution in [-0.4, -0.2) is 25.2 Å². The lowest BCUT2D eigenvalue weighted by atomic mass is 9.78. The molecule has 20 heavy (non-hydrogen) atoms. The summed E-state index contributed by atoms with van der Waals surface area (Å²) in [7, 11) is 0. The van der Waals surface area contributed by atoms with E-state index in [1.54, 1.807) is 0 Å². The van der Waals surface area contributed by atoms with E-state index in [4.69, 9.17) is 0 Å². The molecule has 116 valence electrons. The molecule has 0 aromatic carbocycles. The third-order valence-corrected chi connectivity index (χ3v) is 6.24. The molecule has 2 saturated carbocycles. The van der Waals surface area contributed by atoms with E-state index in [-0.39, 0.29) is 0 Å². The molecule has 3 rings (SSSR count). The van der Waals surface area contributed by atoms with Gasteiger partial charge in [0.1, 0.15) is 0 Å². The SMILES string of the molecule is CC1CCC(CNC2CCCCC2C2CCCN2)CC1. The monoisotopic (exact) mass is 278 g/mol. The number of hydrogen-bond acceptors (Lipinski definition) is 2. The van der Waals surface area contributed by atoms with Gasteiger partial charge in [0.25, 0.3) is 0 Å². The highest BCUT2D eigenvalue weighted by atomic mass is 15.0. The van der Waals surface area contributed by atoms with Crippen LogP contribution in [0, 0.1) is 17.8 Å². The van der Waals surface area contributed by atoms with Gasteiger partial charge in [0, 0.05) is 12.1 Å². The summed E-state index contributed by atoms with van der Waals surface area (Å²) in [5.41, 5.74) is 0. The molecule has 2 aliphatic carbocycles. The Morgan fingerprint density at radius 2 is 1.70 bits per heavy atom. The van der Waals surface area contributed by atoms with E-state index in [0.717, 1.165) is 29.8 Å². The molecule has 2 N–H and O–H groups in total. The topological polar surface area (TPSA) is 24.1 Å². The highest BCUT2D eigenvalue weighted by Crippen LogP contribution is 2.32. The first-order chi connectivity index (χ1) is 9.83. The third kappa shape index (κ3) is 3.76. The first kappa shape index (κ1) is 14.8. The van der Waals surface area contributed by atoms with E-state index < -0.39 is 0 Å². The predicted octanol–water partition coefficient (Wildman–Crippen LogP) is 3.71. The van der Waals surface area contributed by atoms with Crippen LogP contribution < -0.4 is 10.6 Å². The largest absolute Gasteiger partial charge is 0.314 e. The summed E-state index contributed by atoms with van der Waals surface area (Å²) < 4.78 is 0. The fourth-order valence-electron chi connectivity index (χ4n) is 4.82. The summed E-state index contributed by atoms with van der Waals surface area (Å²) in [5.74, 6) is 2.86. The van der Waals surface area contributed by atoms with E-state index in [9.17, 15) is 0 Å². The Morgan fingerprint density at radius 3 is 2.45 bits per heavy atom. The lowest BCUT2D eigenvalue weighted by molar-refractivity contribution is 0.195. The van der Waals surface area contributed by atoms with Gasteiger partial charge in [-0.25, -0.2) is 0 Å². The molecule has 3 aliphatic rings. The molecule has 0 bridgehead atoms. The maximum Gasteiger partial charge on any atom is 0.0111 e. The summed E-state index contributed by atoms with van der Waals surface area (Å²) in [6.07, 6.45) is 14.5. The lowest BCUT2D eigenvalue weighted by Gasteiger charge is -2.38. The smallest absolute Gasteiger partial charge is 0.0111 e. The molecule has 0 radical (unpaired) electrons. The normalized spacial score (nSPS) is 42.8. The molecule has 2 nitrogen and oxygen atoms in total. The number of hydrogen-bond donors (Lipinski definition) is 2. The van der Waals surface area contributed by atoms with Gasteiger partial charge in [-0.2, -0.15) is 0 Å². The second-order valence-electron chi connectivity index (χ2n) is 7.79. The molecule has 3 fully saturated rings. The zero-order chi connectivity index (χ0) is 13.8. The average Bonchev–Trinajstić information content (AvgIpc) is 3.01. The van der Waals surface area contributed by atoms with Crippen LogP contribution in [0.5, 0.6) is 0 Å². The van der Waals surface area contributed by atoms with Crippen molar-refractivity contribution in [3.63, 3.8) is 0 Å². The Morgan fingerprint density at radius 1 is 0.900 bits per heavy atom. The van der Waals surface area contributed by atoms with Gasteiger partial charge in [0.15, 0.2) is 0 Å². The van der Waals surface area contributed by atoms with Crippen molar-refractivity contribution in [2.45, 2.75) is 83.2 Å². The van der Waals surface area contributed by atoms with E-state index in [1.807, 2.05) is 0 Å². The van der Waals surface area contributed by atoms with Gasteiger partial charge in [-0.1, -0.05) is 32.6 Å². The molecule has 1 saturated heterocycles. The van der Waals surface area contributed by atoms with Crippen LogP contribution in [0.15, 0.2) is 0 Å². The zero-order valence-corrected chi connectivity index (χ0v) is 13.4. The fraction of sp³-hybridized carbons (Fsp3) is 1.00. The molecule has 2 heteroatoms. The van der Waals surface area contributed by atoms with Gasteiger partial charge in [-0.3, -0.25) is 0 Å². The Balaban J connectivity index is 1.46. The Kier molecular flexibility index (Phi) is 5.39. The van der Waals surface area contributed by atoms with E-state index >= 15 is 0 Å². The van der Waals surface area contributed by atoms with E-state index in [2.05, 4.69) is 17.6 Å². The van der Waals surface area contributed by atoms with E-state index in [1.165, 1.54) is 77.3 Å². The second kappa shape index (κ2) is 7.26.